The molecule has 1 atom stereocenters. The number of pyridine rings is 1. The first-order valence-electron chi connectivity index (χ1n) is 7.40. The highest BCUT2D eigenvalue weighted by molar-refractivity contribution is 8.00. The Labute approximate surface area is 135 Å². The molecule has 112 valence electrons. The number of carbonyl (C=O) groups is 1. The van der Waals surface area contributed by atoms with Crippen LogP contribution in [0.2, 0.25) is 0 Å². The molecule has 0 fully saturated rings. The molecule has 0 spiro atoms. The number of hydrogen-bond acceptors (Lipinski definition) is 3. The van der Waals surface area contributed by atoms with Gasteiger partial charge in [-0.25, -0.2) is 0 Å². The van der Waals surface area contributed by atoms with E-state index in [4.69, 9.17) is 0 Å². The minimum Gasteiger partial charge on any atom is -0.308 e. The molecule has 0 N–H and O–H groups in total. The monoisotopic (exact) mass is 310 g/mol. The van der Waals surface area contributed by atoms with Crippen molar-refractivity contribution in [2.24, 2.45) is 0 Å². The van der Waals surface area contributed by atoms with Crippen molar-refractivity contribution in [1.82, 2.24) is 4.98 Å². The summed E-state index contributed by atoms with van der Waals surface area (Å²) in [4.78, 5) is 19.8. The Morgan fingerprint density at radius 1 is 1.27 bits per heavy atom. The summed E-state index contributed by atoms with van der Waals surface area (Å²) in [7, 11) is 0. The normalized spacial score (nSPS) is 18.0. The van der Waals surface area contributed by atoms with E-state index in [2.05, 4.69) is 18.0 Å². The summed E-state index contributed by atoms with van der Waals surface area (Å²) < 4.78 is 0. The number of rotatable bonds is 2. The largest absolute Gasteiger partial charge is 0.308 e. The van der Waals surface area contributed by atoms with Crippen LogP contribution in [0.15, 0.2) is 59.6 Å². The van der Waals surface area contributed by atoms with Gasteiger partial charge in [-0.2, -0.15) is 0 Å². The number of nitrogens with zero attached hydrogens (tertiary/aromatic N) is 2. The molecule has 22 heavy (non-hydrogen) atoms. The van der Waals surface area contributed by atoms with Gasteiger partial charge in [0, 0.05) is 29.0 Å². The second kappa shape index (κ2) is 6.79. The van der Waals surface area contributed by atoms with Gasteiger partial charge in [0.25, 0.3) is 5.91 Å². The highest BCUT2D eigenvalue weighted by Crippen LogP contribution is 2.37. The lowest BCUT2D eigenvalue weighted by Crippen LogP contribution is -2.30. The molecule has 2 aromatic rings. The average molecular weight is 310 g/mol. The molecular formula is C18H18N2OS. The summed E-state index contributed by atoms with van der Waals surface area (Å²) in [5, 5.41) is 0.513. The van der Waals surface area contributed by atoms with Gasteiger partial charge in [-0.1, -0.05) is 25.1 Å². The molecule has 3 rings (SSSR count). The summed E-state index contributed by atoms with van der Waals surface area (Å²) in [6.45, 7) is 2.95. The third-order valence-corrected chi connectivity index (χ3v) is 4.83. The lowest BCUT2D eigenvalue weighted by Gasteiger charge is -2.20. The van der Waals surface area contributed by atoms with Crippen molar-refractivity contribution < 1.29 is 4.79 Å². The molecule has 2 heterocycles. The molecule has 1 aliphatic heterocycles. The smallest absolute Gasteiger partial charge is 0.251 e. The van der Waals surface area contributed by atoms with Crippen LogP contribution in [0.5, 0.6) is 0 Å². The number of fused-ring (bicyclic) bond motifs is 1. The molecule has 1 aliphatic rings. The summed E-state index contributed by atoms with van der Waals surface area (Å²) in [6, 6.07) is 13.8. The topological polar surface area (TPSA) is 33.2 Å². The summed E-state index contributed by atoms with van der Waals surface area (Å²) in [5.74, 6) is 0.00723. The molecule has 0 radical (unpaired) electrons. The van der Waals surface area contributed by atoms with Gasteiger partial charge in [0.15, 0.2) is 0 Å². The van der Waals surface area contributed by atoms with Crippen LogP contribution in [0.3, 0.4) is 0 Å². The van der Waals surface area contributed by atoms with Crippen molar-refractivity contribution in [2.75, 3.05) is 11.4 Å². The predicted octanol–water partition coefficient (Wildman–Crippen LogP) is 4.01. The SMILES string of the molecule is C[C@H]1CCN(C(=O)/C=C/c2ccccn2)c2ccccc2S1. The highest BCUT2D eigenvalue weighted by atomic mass is 32.2. The van der Waals surface area contributed by atoms with Gasteiger partial charge in [0.2, 0.25) is 0 Å². The zero-order valence-corrected chi connectivity index (χ0v) is 13.3. The van der Waals surface area contributed by atoms with Gasteiger partial charge >= 0.3 is 0 Å². The second-order valence-corrected chi connectivity index (χ2v) is 6.74. The molecule has 0 saturated heterocycles. The van der Waals surface area contributed by atoms with E-state index in [9.17, 15) is 4.79 Å². The fourth-order valence-electron chi connectivity index (χ4n) is 2.44. The second-order valence-electron chi connectivity index (χ2n) is 5.26. The van der Waals surface area contributed by atoms with Gasteiger partial charge in [-0.05, 0) is 36.8 Å². The Hall–Kier alpha value is -2.07. The quantitative estimate of drug-likeness (QED) is 0.786. The zero-order chi connectivity index (χ0) is 15.4. The summed E-state index contributed by atoms with van der Waals surface area (Å²) in [5.41, 5.74) is 1.80. The summed E-state index contributed by atoms with van der Waals surface area (Å²) >= 11 is 1.84. The van der Waals surface area contributed by atoms with E-state index in [-0.39, 0.29) is 5.91 Å². The Morgan fingerprint density at radius 3 is 2.91 bits per heavy atom. The standard InChI is InChI=1S/C18H18N2OS/c1-14-11-13-20(16-7-2-3-8-17(16)22-14)18(21)10-9-15-6-4-5-12-19-15/h2-10,12,14H,11,13H2,1H3/b10-9+/t14-/m0/s1. The molecule has 1 aromatic heterocycles. The number of anilines is 1. The van der Waals surface area contributed by atoms with Crippen LogP contribution in [0.4, 0.5) is 5.69 Å². The number of aromatic nitrogens is 1. The third-order valence-electron chi connectivity index (χ3n) is 3.59. The molecule has 0 bridgehead atoms. The summed E-state index contributed by atoms with van der Waals surface area (Å²) in [6.07, 6.45) is 6.10. The van der Waals surface area contributed by atoms with Gasteiger partial charge in [-0.3, -0.25) is 9.78 Å². The maximum absolute atomic E-state index is 12.6. The highest BCUT2D eigenvalue weighted by Gasteiger charge is 2.22. The molecule has 4 heteroatoms. The van der Waals surface area contributed by atoms with Crippen molar-refractivity contribution >= 4 is 29.4 Å². The van der Waals surface area contributed by atoms with E-state index in [0.717, 1.165) is 24.3 Å². The van der Waals surface area contributed by atoms with E-state index in [1.54, 1.807) is 18.3 Å². The predicted molar refractivity (Wildman–Crippen MR) is 92.0 cm³/mol. The van der Waals surface area contributed by atoms with E-state index in [0.29, 0.717) is 5.25 Å². The average Bonchev–Trinajstić information content (AvgIpc) is 2.72. The number of benzene rings is 1. The van der Waals surface area contributed by atoms with Crippen molar-refractivity contribution in [3.63, 3.8) is 0 Å². The lowest BCUT2D eigenvalue weighted by atomic mass is 10.2. The first-order chi connectivity index (χ1) is 10.7. The number of para-hydroxylation sites is 1. The van der Waals surface area contributed by atoms with Crippen LogP contribution in [0, 0.1) is 0 Å². The minimum absolute atomic E-state index is 0.00723. The lowest BCUT2D eigenvalue weighted by molar-refractivity contribution is -0.114. The van der Waals surface area contributed by atoms with E-state index < -0.39 is 0 Å². The van der Waals surface area contributed by atoms with E-state index in [1.807, 2.05) is 53.1 Å². The Morgan fingerprint density at radius 2 is 2.09 bits per heavy atom. The zero-order valence-electron chi connectivity index (χ0n) is 12.5. The molecular weight excluding hydrogens is 292 g/mol. The van der Waals surface area contributed by atoms with Gasteiger partial charge in [0.05, 0.1) is 11.4 Å². The number of hydrogen-bond donors (Lipinski definition) is 0. The molecule has 3 nitrogen and oxygen atoms in total. The van der Waals surface area contributed by atoms with E-state index in [1.165, 1.54) is 4.90 Å². The Kier molecular flexibility index (Phi) is 4.59. The van der Waals surface area contributed by atoms with Crippen LogP contribution in [-0.4, -0.2) is 22.7 Å². The van der Waals surface area contributed by atoms with Gasteiger partial charge in [0.1, 0.15) is 0 Å². The Bertz CT molecular complexity index is 684. The van der Waals surface area contributed by atoms with Gasteiger partial charge in [-0.15, -0.1) is 11.8 Å². The first-order valence-corrected chi connectivity index (χ1v) is 8.28. The minimum atomic E-state index is 0.00723. The van der Waals surface area contributed by atoms with Crippen LogP contribution in [0.1, 0.15) is 19.0 Å². The maximum Gasteiger partial charge on any atom is 0.251 e. The van der Waals surface area contributed by atoms with E-state index >= 15 is 0 Å². The van der Waals surface area contributed by atoms with Crippen molar-refractivity contribution in [2.45, 2.75) is 23.5 Å². The molecule has 0 saturated carbocycles. The van der Waals surface area contributed by atoms with Crippen LogP contribution < -0.4 is 4.90 Å². The first kappa shape index (κ1) is 14.9. The number of carbonyl (C=O) groups excluding carboxylic acids is 1. The number of thioether (sulfide) groups is 1. The maximum atomic E-state index is 12.6. The van der Waals surface area contributed by atoms with Gasteiger partial charge < -0.3 is 4.90 Å². The number of amides is 1. The van der Waals surface area contributed by atoms with Crippen LogP contribution in [-0.2, 0) is 4.79 Å². The van der Waals surface area contributed by atoms with Crippen LogP contribution >= 0.6 is 11.8 Å². The molecule has 0 aliphatic carbocycles. The van der Waals surface area contributed by atoms with Crippen LogP contribution in [0.25, 0.3) is 6.08 Å². The van der Waals surface area contributed by atoms with Crippen molar-refractivity contribution in [3.8, 4) is 0 Å². The molecule has 1 aromatic carbocycles. The Balaban J connectivity index is 1.84. The fourth-order valence-corrected chi connectivity index (χ4v) is 3.55. The molecule has 0 unspecified atom stereocenters. The fraction of sp³-hybridized carbons (Fsp3) is 0.222. The van der Waals surface area contributed by atoms with Crippen molar-refractivity contribution in [1.29, 1.82) is 0 Å². The molecule has 1 amide bonds. The van der Waals surface area contributed by atoms with Crippen molar-refractivity contribution in [3.05, 3.63) is 60.4 Å². The third kappa shape index (κ3) is 3.39.